The van der Waals surface area contributed by atoms with E-state index in [0.717, 1.165) is 24.2 Å². The van der Waals surface area contributed by atoms with Gasteiger partial charge in [-0.05, 0) is 65.1 Å². The maximum absolute atomic E-state index is 3.76. The first kappa shape index (κ1) is 14.8. The number of likely N-dealkylation sites (tertiary alicyclic amines) is 1. The maximum Gasteiger partial charge on any atom is 0.0223 e. The topological polar surface area (TPSA) is 18.5 Å². The fourth-order valence-electron chi connectivity index (χ4n) is 4.70. The second-order valence-corrected chi connectivity index (χ2v) is 7.31. The van der Waals surface area contributed by atoms with Gasteiger partial charge in [0.2, 0.25) is 0 Å². The normalized spacial score (nSPS) is 39.9. The van der Waals surface area contributed by atoms with Crippen molar-refractivity contribution in [3.05, 3.63) is 0 Å². The number of hydrogen-bond donors (Lipinski definition) is 1. The largest absolute Gasteiger partial charge is 0.314 e. The van der Waals surface area contributed by atoms with Crippen LogP contribution in [0.2, 0.25) is 0 Å². The Kier molecular flexibility index (Phi) is 5.00. The lowest BCUT2D eigenvalue weighted by molar-refractivity contribution is 0.126. The molecule has 3 heteroatoms. The van der Waals surface area contributed by atoms with E-state index >= 15 is 0 Å². The molecule has 3 nitrogen and oxygen atoms in total. The van der Waals surface area contributed by atoms with Gasteiger partial charge in [0.15, 0.2) is 0 Å². The average molecular weight is 279 g/mol. The monoisotopic (exact) mass is 279 g/mol. The van der Waals surface area contributed by atoms with Crippen LogP contribution in [0.1, 0.15) is 58.3 Å². The molecule has 4 unspecified atom stereocenters. The smallest absolute Gasteiger partial charge is 0.0223 e. The van der Waals surface area contributed by atoms with Crippen LogP contribution >= 0.6 is 0 Å². The van der Waals surface area contributed by atoms with Crippen molar-refractivity contribution in [1.29, 1.82) is 0 Å². The Morgan fingerprint density at radius 3 is 2.70 bits per heavy atom. The zero-order valence-electron chi connectivity index (χ0n) is 13.5. The molecule has 4 atom stereocenters. The summed E-state index contributed by atoms with van der Waals surface area (Å²) in [5, 5.41) is 3.76. The Labute approximate surface area is 125 Å². The van der Waals surface area contributed by atoms with Crippen LogP contribution in [0.4, 0.5) is 0 Å². The minimum absolute atomic E-state index is 0.784. The highest BCUT2D eigenvalue weighted by Crippen LogP contribution is 2.32. The van der Waals surface area contributed by atoms with Crippen LogP contribution in [0.15, 0.2) is 0 Å². The lowest BCUT2D eigenvalue weighted by Gasteiger charge is -2.38. The van der Waals surface area contributed by atoms with E-state index in [9.17, 15) is 0 Å². The molecule has 2 aliphatic heterocycles. The summed E-state index contributed by atoms with van der Waals surface area (Å²) in [6.45, 7) is 6.15. The van der Waals surface area contributed by atoms with E-state index in [1.54, 1.807) is 0 Å². The summed E-state index contributed by atoms with van der Waals surface area (Å²) < 4.78 is 0. The minimum Gasteiger partial charge on any atom is -0.314 e. The van der Waals surface area contributed by atoms with Crippen LogP contribution in [0, 0.1) is 0 Å². The van der Waals surface area contributed by atoms with E-state index in [4.69, 9.17) is 0 Å². The van der Waals surface area contributed by atoms with Crippen molar-refractivity contribution in [2.24, 2.45) is 0 Å². The van der Waals surface area contributed by atoms with Crippen molar-refractivity contribution in [2.45, 2.75) is 82.5 Å². The van der Waals surface area contributed by atoms with Crippen LogP contribution in [-0.4, -0.2) is 60.6 Å². The average Bonchev–Trinajstić information content (AvgIpc) is 2.70. The van der Waals surface area contributed by atoms with Gasteiger partial charge in [0, 0.05) is 30.7 Å². The van der Waals surface area contributed by atoms with Gasteiger partial charge in [-0.2, -0.15) is 0 Å². The maximum atomic E-state index is 3.76. The second kappa shape index (κ2) is 6.76. The summed E-state index contributed by atoms with van der Waals surface area (Å²) in [5.41, 5.74) is 0. The van der Waals surface area contributed by atoms with E-state index in [2.05, 4.69) is 29.1 Å². The molecular weight excluding hydrogens is 246 g/mol. The zero-order valence-corrected chi connectivity index (χ0v) is 13.5. The third-order valence-corrected chi connectivity index (χ3v) is 6.03. The Morgan fingerprint density at radius 1 is 1.00 bits per heavy atom. The van der Waals surface area contributed by atoms with E-state index < -0.39 is 0 Å². The summed E-state index contributed by atoms with van der Waals surface area (Å²) in [6.07, 6.45) is 11.2. The lowest BCUT2D eigenvalue weighted by Crippen LogP contribution is -2.47. The van der Waals surface area contributed by atoms with Gasteiger partial charge in [-0.1, -0.05) is 13.3 Å². The highest BCUT2D eigenvalue weighted by Gasteiger charge is 2.37. The Hall–Kier alpha value is -0.120. The van der Waals surface area contributed by atoms with Crippen molar-refractivity contribution >= 4 is 0 Å². The summed E-state index contributed by atoms with van der Waals surface area (Å²) in [5.74, 6) is 0. The molecule has 0 spiro atoms. The highest BCUT2D eigenvalue weighted by molar-refractivity contribution is 4.94. The van der Waals surface area contributed by atoms with Crippen LogP contribution in [0.25, 0.3) is 0 Å². The molecule has 3 aliphatic rings. The Morgan fingerprint density at radius 2 is 1.85 bits per heavy atom. The first-order chi connectivity index (χ1) is 9.78. The highest BCUT2D eigenvalue weighted by atomic mass is 15.3. The summed E-state index contributed by atoms with van der Waals surface area (Å²) in [6, 6.07) is 3.35. The van der Waals surface area contributed by atoms with Crippen molar-refractivity contribution in [1.82, 2.24) is 15.1 Å². The first-order valence-electron chi connectivity index (χ1n) is 8.97. The molecule has 0 aromatic carbocycles. The van der Waals surface area contributed by atoms with Crippen molar-refractivity contribution in [3.8, 4) is 0 Å². The van der Waals surface area contributed by atoms with Gasteiger partial charge in [0.25, 0.3) is 0 Å². The van der Waals surface area contributed by atoms with E-state index in [-0.39, 0.29) is 0 Å². The number of hydrogen-bond acceptors (Lipinski definition) is 3. The molecular formula is C17H33N3. The zero-order chi connectivity index (χ0) is 13.9. The lowest BCUT2D eigenvalue weighted by atomic mass is 9.89. The fourth-order valence-corrected chi connectivity index (χ4v) is 4.70. The molecule has 3 fully saturated rings. The molecule has 20 heavy (non-hydrogen) atoms. The summed E-state index contributed by atoms with van der Waals surface area (Å²) in [4.78, 5) is 5.52. The van der Waals surface area contributed by atoms with Gasteiger partial charge < -0.3 is 5.32 Å². The number of nitrogens with one attached hydrogen (secondary N) is 1. The van der Waals surface area contributed by atoms with Gasteiger partial charge in [0.05, 0.1) is 0 Å². The molecule has 2 saturated heterocycles. The van der Waals surface area contributed by atoms with Crippen LogP contribution in [0.5, 0.6) is 0 Å². The van der Waals surface area contributed by atoms with E-state index in [1.165, 1.54) is 71.0 Å². The molecule has 1 saturated carbocycles. The molecule has 116 valence electrons. The molecule has 2 heterocycles. The summed E-state index contributed by atoms with van der Waals surface area (Å²) >= 11 is 0. The van der Waals surface area contributed by atoms with Crippen LogP contribution in [0.3, 0.4) is 0 Å². The second-order valence-electron chi connectivity index (χ2n) is 7.31. The third-order valence-electron chi connectivity index (χ3n) is 6.03. The van der Waals surface area contributed by atoms with Gasteiger partial charge in [-0.25, -0.2) is 0 Å². The van der Waals surface area contributed by atoms with Gasteiger partial charge >= 0.3 is 0 Å². The molecule has 0 amide bonds. The van der Waals surface area contributed by atoms with Crippen molar-refractivity contribution < 1.29 is 0 Å². The molecule has 0 aromatic rings. The molecule has 3 rings (SSSR count). The number of likely N-dealkylation sites (N-methyl/N-ethyl adjacent to an activating group) is 1. The number of nitrogens with zero attached hydrogens (tertiary/aromatic N) is 2. The molecule has 0 radical (unpaired) electrons. The Balaban J connectivity index is 1.55. The number of rotatable bonds is 4. The molecule has 1 N–H and O–H groups in total. The van der Waals surface area contributed by atoms with Crippen LogP contribution in [-0.2, 0) is 0 Å². The van der Waals surface area contributed by atoms with Crippen molar-refractivity contribution in [2.75, 3.05) is 26.7 Å². The first-order valence-corrected chi connectivity index (χ1v) is 8.97. The van der Waals surface area contributed by atoms with Gasteiger partial charge in [0.1, 0.15) is 0 Å². The third kappa shape index (κ3) is 3.20. The number of fused-ring (bicyclic) bond motifs is 2. The minimum atomic E-state index is 0.784. The molecule has 2 bridgehead atoms. The molecule has 0 aromatic heterocycles. The van der Waals surface area contributed by atoms with Crippen LogP contribution < -0.4 is 5.32 Å². The molecule has 1 aliphatic carbocycles. The van der Waals surface area contributed by atoms with E-state index in [0.29, 0.717) is 0 Å². The van der Waals surface area contributed by atoms with E-state index in [1.807, 2.05) is 0 Å². The fraction of sp³-hybridized carbons (Fsp3) is 1.00. The predicted octanol–water partition coefficient (Wildman–Crippen LogP) is 2.47. The summed E-state index contributed by atoms with van der Waals surface area (Å²) in [7, 11) is 2.36. The van der Waals surface area contributed by atoms with Gasteiger partial charge in [-0.15, -0.1) is 0 Å². The van der Waals surface area contributed by atoms with Crippen molar-refractivity contribution in [3.63, 3.8) is 0 Å². The quantitative estimate of drug-likeness (QED) is 0.853. The predicted molar refractivity (Wildman–Crippen MR) is 85.1 cm³/mol. The SMILES string of the molecule is CCCNC1CCCC(N2CCC3CCC(C2)N3C)C1. The van der Waals surface area contributed by atoms with Gasteiger partial charge in [-0.3, -0.25) is 9.80 Å². The standard InChI is InChI=1S/C17H33N3/c1-3-10-18-14-5-4-6-16(12-14)20-11-9-15-7-8-17(13-20)19(15)2/h14-18H,3-13H2,1-2H3. The Bertz CT molecular complexity index is 307.